The summed E-state index contributed by atoms with van der Waals surface area (Å²) in [5.74, 6) is -0.962. The van der Waals surface area contributed by atoms with Crippen LogP contribution in [0.1, 0.15) is 41.1 Å². The van der Waals surface area contributed by atoms with Crippen LogP contribution in [0.2, 0.25) is 0 Å². The number of nitrogens with zero attached hydrogens (tertiary/aromatic N) is 1. The fourth-order valence-electron chi connectivity index (χ4n) is 5.29. The van der Waals surface area contributed by atoms with Gasteiger partial charge < -0.3 is 35.3 Å². The largest absolute Gasteiger partial charge is 0.573 e. The molecule has 4 aromatic rings. The summed E-state index contributed by atoms with van der Waals surface area (Å²) in [5, 5.41) is 9.95. The van der Waals surface area contributed by atoms with E-state index in [0.717, 1.165) is 16.5 Å². The Morgan fingerprint density at radius 3 is 2.40 bits per heavy atom. The number of alkyl halides is 3. The molecule has 0 fully saturated rings. The summed E-state index contributed by atoms with van der Waals surface area (Å²) in [6, 6.07) is 15.3. The Bertz CT molecular complexity index is 1780. The van der Waals surface area contributed by atoms with Crippen molar-refractivity contribution in [2.24, 2.45) is 0 Å². The average Bonchev–Trinajstić information content (AvgIpc) is 3.00. The summed E-state index contributed by atoms with van der Waals surface area (Å²) in [7, 11) is 4.52. The van der Waals surface area contributed by atoms with E-state index in [1.165, 1.54) is 30.2 Å². The highest BCUT2D eigenvalue weighted by molar-refractivity contribution is 5.89. The predicted molar refractivity (Wildman–Crippen MR) is 177 cm³/mol. The molecule has 252 valence electrons. The van der Waals surface area contributed by atoms with Crippen molar-refractivity contribution in [2.45, 2.75) is 38.7 Å². The van der Waals surface area contributed by atoms with Gasteiger partial charge in [-0.25, -0.2) is 9.59 Å². The van der Waals surface area contributed by atoms with Gasteiger partial charge in [-0.15, -0.1) is 25.6 Å². The summed E-state index contributed by atoms with van der Waals surface area (Å²) in [5.41, 5.74) is 3.39. The number of rotatable bonds is 11. The highest BCUT2D eigenvalue weighted by atomic mass is 35.5. The molecule has 0 aliphatic rings. The van der Waals surface area contributed by atoms with Gasteiger partial charge in [0, 0.05) is 48.7 Å². The predicted octanol–water partition coefficient (Wildman–Crippen LogP) is 6.47. The molecule has 1 aromatic heterocycles. The van der Waals surface area contributed by atoms with Gasteiger partial charge in [-0.05, 0) is 78.4 Å². The highest BCUT2D eigenvalue weighted by Gasteiger charge is 2.32. The lowest BCUT2D eigenvalue weighted by atomic mass is 9.92. The number of ether oxygens (including phenoxy) is 2. The number of amides is 2. The molecule has 0 aliphatic carbocycles. The van der Waals surface area contributed by atoms with Crippen LogP contribution >= 0.6 is 12.4 Å². The van der Waals surface area contributed by atoms with Crippen molar-refractivity contribution in [1.82, 2.24) is 15.2 Å². The number of esters is 1. The number of nitrogens with one attached hydrogen (secondary N) is 4. The van der Waals surface area contributed by atoms with Gasteiger partial charge in [0.2, 0.25) is 0 Å². The van der Waals surface area contributed by atoms with Gasteiger partial charge in [0.15, 0.2) is 6.04 Å². The molecule has 0 bridgehead atoms. The number of urea groups is 1. The van der Waals surface area contributed by atoms with Gasteiger partial charge in [-0.1, -0.05) is 31.2 Å². The number of aromatic nitrogens is 1. The Hall–Kier alpha value is -4.75. The Kier molecular flexibility index (Phi) is 12.3. The maximum Gasteiger partial charge on any atom is 0.573 e. The summed E-state index contributed by atoms with van der Waals surface area (Å²) in [6.45, 7) is 4.30. The number of halogens is 4. The van der Waals surface area contributed by atoms with Crippen molar-refractivity contribution in [2.75, 3.05) is 38.4 Å². The SMILES string of the molecule is CNCc1cc(NC(=O)N(C)C[C@H](C)c2ccc(C(Nc3ccc4cc[nH]c(=O)c4c3)C(=O)OC)cc2C)ccc1OC(F)(F)F.Cl. The molecule has 4 rings (SSSR count). The highest BCUT2D eigenvalue weighted by Crippen LogP contribution is 2.30. The molecule has 2 amide bonds. The first-order chi connectivity index (χ1) is 21.8. The van der Waals surface area contributed by atoms with Crippen molar-refractivity contribution in [3.8, 4) is 5.75 Å². The number of carbonyl (C=O) groups is 2. The third-order valence-corrected chi connectivity index (χ3v) is 7.48. The minimum absolute atomic E-state index is 0. The number of anilines is 2. The van der Waals surface area contributed by atoms with Crippen LogP contribution in [0.15, 0.2) is 71.7 Å². The van der Waals surface area contributed by atoms with Gasteiger partial charge in [0.1, 0.15) is 5.75 Å². The van der Waals surface area contributed by atoms with Gasteiger partial charge in [0.25, 0.3) is 5.56 Å². The standard InChI is InChI=1S/C33H36F3N5O5.ClH/c1-19-14-22(29(31(43)45-5)39-25-8-6-21-12-13-38-30(42)27(21)16-25)7-10-26(19)20(2)18-41(4)32(44)40-24-9-11-28(46-33(34,35)36)23(15-24)17-37-3;/h6-16,20,29,37,39H,17-18H2,1-5H3,(H,38,42)(H,40,44);1H/t20-,29?;/m0./s1. The summed E-state index contributed by atoms with van der Waals surface area (Å²) < 4.78 is 47.5. The van der Waals surface area contributed by atoms with E-state index in [4.69, 9.17) is 4.74 Å². The lowest BCUT2D eigenvalue weighted by Gasteiger charge is -2.25. The Morgan fingerprint density at radius 2 is 1.74 bits per heavy atom. The van der Waals surface area contributed by atoms with Crippen molar-refractivity contribution in [3.63, 3.8) is 0 Å². The number of aryl methyl sites for hydroxylation is 1. The number of carbonyl (C=O) groups excluding carboxylic acids is 2. The second-order valence-electron chi connectivity index (χ2n) is 10.9. The number of pyridine rings is 1. The zero-order chi connectivity index (χ0) is 33.6. The lowest BCUT2D eigenvalue weighted by molar-refractivity contribution is -0.274. The summed E-state index contributed by atoms with van der Waals surface area (Å²) in [4.78, 5) is 42.2. The second-order valence-corrected chi connectivity index (χ2v) is 10.9. The molecule has 2 atom stereocenters. The van der Waals surface area contributed by atoms with E-state index >= 15 is 0 Å². The van der Waals surface area contributed by atoms with Crippen LogP contribution in [0.5, 0.6) is 5.75 Å². The van der Waals surface area contributed by atoms with Crippen molar-refractivity contribution in [3.05, 3.63) is 99.5 Å². The van der Waals surface area contributed by atoms with Crippen molar-refractivity contribution in [1.29, 1.82) is 0 Å². The number of benzene rings is 3. The lowest BCUT2D eigenvalue weighted by Crippen LogP contribution is -2.34. The minimum atomic E-state index is -4.84. The number of H-pyrrole nitrogens is 1. The van der Waals surface area contributed by atoms with E-state index in [1.54, 1.807) is 44.6 Å². The van der Waals surface area contributed by atoms with Gasteiger partial charge in [-0.3, -0.25) is 4.79 Å². The first-order valence-corrected chi connectivity index (χ1v) is 14.4. The summed E-state index contributed by atoms with van der Waals surface area (Å²) in [6.07, 6.45) is -3.26. The van der Waals surface area contributed by atoms with Crippen LogP contribution in [-0.4, -0.2) is 56.0 Å². The van der Waals surface area contributed by atoms with Crippen LogP contribution in [0.4, 0.5) is 29.3 Å². The molecule has 47 heavy (non-hydrogen) atoms. The topological polar surface area (TPSA) is 125 Å². The van der Waals surface area contributed by atoms with E-state index in [9.17, 15) is 27.6 Å². The summed E-state index contributed by atoms with van der Waals surface area (Å²) >= 11 is 0. The molecule has 0 saturated heterocycles. The third-order valence-electron chi connectivity index (χ3n) is 7.48. The zero-order valence-corrected chi connectivity index (χ0v) is 27.3. The van der Waals surface area contributed by atoms with E-state index in [1.807, 2.05) is 32.0 Å². The number of likely N-dealkylation sites (N-methyl/N-ethyl adjacent to an activating group) is 1. The first kappa shape index (κ1) is 36.7. The molecule has 0 spiro atoms. The van der Waals surface area contributed by atoms with Gasteiger partial charge >= 0.3 is 18.4 Å². The second kappa shape index (κ2) is 15.7. The molecule has 1 unspecified atom stereocenters. The molecule has 4 N–H and O–H groups in total. The molecule has 0 radical (unpaired) electrons. The van der Waals surface area contributed by atoms with Crippen LogP contribution < -0.4 is 26.2 Å². The van der Waals surface area contributed by atoms with Crippen LogP contribution in [0, 0.1) is 6.92 Å². The number of hydrogen-bond acceptors (Lipinski definition) is 7. The van der Waals surface area contributed by atoms with E-state index < -0.39 is 24.4 Å². The first-order valence-electron chi connectivity index (χ1n) is 14.4. The molecule has 0 saturated carbocycles. The molecule has 1 heterocycles. The minimum Gasteiger partial charge on any atom is -0.467 e. The Morgan fingerprint density at radius 1 is 1.02 bits per heavy atom. The van der Waals surface area contributed by atoms with Crippen LogP contribution in [0.3, 0.4) is 0 Å². The van der Waals surface area contributed by atoms with Crippen molar-refractivity contribution < 1.29 is 32.2 Å². The molecular formula is C33H37ClF3N5O5. The normalized spacial score (nSPS) is 12.4. The Balaban J connectivity index is 0.00000600. The number of fused-ring (bicyclic) bond motifs is 1. The molecule has 0 aliphatic heterocycles. The zero-order valence-electron chi connectivity index (χ0n) is 26.5. The number of aromatic amines is 1. The van der Waals surface area contributed by atoms with Crippen LogP contribution in [0.25, 0.3) is 10.8 Å². The number of hydrogen-bond donors (Lipinski definition) is 4. The van der Waals surface area contributed by atoms with E-state index in [2.05, 4.69) is 25.7 Å². The fraction of sp³-hybridized carbons (Fsp3) is 0.303. The third kappa shape index (κ3) is 9.39. The molecule has 3 aromatic carbocycles. The van der Waals surface area contributed by atoms with E-state index in [-0.39, 0.29) is 41.7 Å². The van der Waals surface area contributed by atoms with E-state index in [0.29, 0.717) is 28.9 Å². The Labute approximate surface area is 276 Å². The molecule has 14 heteroatoms. The average molecular weight is 676 g/mol. The maximum atomic E-state index is 13.0. The maximum absolute atomic E-state index is 13.0. The number of methoxy groups -OCH3 is 1. The fourth-order valence-corrected chi connectivity index (χ4v) is 5.29. The van der Waals surface area contributed by atoms with Gasteiger partial charge in [-0.2, -0.15) is 0 Å². The molecule has 10 nitrogen and oxygen atoms in total. The smallest absolute Gasteiger partial charge is 0.467 e. The quantitative estimate of drug-likeness (QED) is 0.134. The monoisotopic (exact) mass is 675 g/mol. The van der Waals surface area contributed by atoms with Crippen LogP contribution in [-0.2, 0) is 16.1 Å². The molecular weight excluding hydrogens is 639 g/mol. The van der Waals surface area contributed by atoms with Gasteiger partial charge in [0.05, 0.1) is 7.11 Å². The van der Waals surface area contributed by atoms with Crippen molar-refractivity contribution >= 4 is 46.6 Å².